The van der Waals surface area contributed by atoms with E-state index in [1.165, 1.54) is 5.56 Å². The molecule has 0 fully saturated rings. The minimum absolute atomic E-state index is 0.227. The molecule has 118 valence electrons. The van der Waals surface area contributed by atoms with Gasteiger partial charge in [0.05, 0.1) is 5.52 Å². The summed E-state index contributed by atoms with van der Waals surface area (Å²) < 4.78 is 11.4. The van der Waals surface area contributed by atoms with Gasteiger partial charge < -0.3 is 9.15 Å². The third-order valence-electron chi connectivity index (χ3n) is 3.70. The molecule has 0 amide bonds. The molecule has 0 saturated heterocycles. The van der Waals surface area contributed by atoms with Gasteiger partial charge in [0.2, 0.25) is 5.89 Å². The summed E-state index contributed by atoms with van der Waals surface area (Å²) in [7, 11) is 0. The third kappa shape index (κ3) is 2.96. The van der Waals surface area contributed by atoms with E-state index in [0.29, 0.717) is 11.8 Å². The molecular formula is C19H15N3O2. The van der Waals surface area contributed by atoms with E-state index in [2.05, 4.69) is 15.2 Å². The summed E-state index contributed by atoms with van der Waals surface area (Å²) in [5, 5.41) is 9.14. The molecule has 5 heteroatoms. The van der Waals surface area contributed by atoms with Crippen molar-refractivity contribution in [2.45, 2.75) is 13.5 Å². The SMILES string of the molecule is Cc1ccc(-c2nnc(COc3ccc4ncccc4c3)o2)cc1. The lowest BCUT2D eigenvalue weighted by Gasteiger charge is -2.04. The molecule has 4 rings (SSSR count). The molecule has 0 aliphatic rings. The summed E-state index contributed by atoms with van der Waals surface area (Å²) in [6, 6.07) is 17.6. The molecule has 0 spiro atoms. The van der Waals surface area contributed by atoms with Crippen molar-refractivity contribution < 1.29 is 9.15 Å². The fourth-order valence-electron chi connectivity index (χ4n) is 2.41. The van der Waals surface area contributed by atoms with Crippen LogP contribution >= 0.6 is 0 Å². The number of hydrogen-bond acceptors (Lipinski definition) is 5. The Morgan fingerprint density at radius 1 is 1.00 bits per heavy atom. The lowest BCUT2D eigenvalue weighted by atomic mass is 10.1. The molecule has 0 unspecified atom stereocenters. The highest BCUT2D eigenvalue weighted by molar-refractivity contribution is 5.79. The topological polar surface area (TPSA) is 61.0 Å². The van der Waals surface area contributed by atoms with E-state index >= 15 is 0 Å². The Labute approximate surface area is 138 Å². The highest BCUT2D eigenvalue weighted by atomic mass is 16.5. The van der Waals surface area contributed by atoms with Crippen LogP contribution in [0.4, 0.5) is 0 Å². The first-order chi connectivity index (χ1) is 11.8. The minimum atomic E-state index is 0.227. The van der Waals surface area contributed by atoms with Crippen molar-refractivity contribution in [3.8, 4) is 17.2 Å². The molecule has 0 N–H and O–H groups in total. The molecule has 5 nitrogen and oxygen atoms in total. The van der Waals surface area contributed by atoms with Gasteiger partial charge in [0.25, 0.3) is 5.89 Å². The maximum atomic E-state index is 5.74. The number of nitrogens with zero attached hydrogens (tertiary/aromatic N) is 3. The van der Waals surface area contributed by atoms with E-state index in [1.54, 1.807) is 6.20 Å². The normalized spacial score (nSPS) is 10.9. The predicted octanol–water partition coefficient (Wildman–Crippen LogP) is 4.17. The van der Waals surface area contributed by atoms with Crippen molar-refractivity contribution in [2.75, 3.05) is 0 Å². The van der Waals surface area contributed by atoms with Crippen molar-refractivity contribution >= 4 is 10.9 Å². The summed E-state index contributed by atoms with van der Waals surface area (Å²) in [6.45, 7) is 2.26. The number of pyridine rings is 1. The molecule has 2 aromatic carbocycles. The van der Waals surface area contributed by atoms with Crippen LogP contribution in [0.25, 0.3) is 22.4 Å². The highest BCUT2D eigenvalue weighted by Crippen LogP contribution is 2.21. The molecule has 0 aliphatic heterocycles. The lowest BCUT2D eigenvalue weighted by Crippen LogP contribution is -1.95. The summed E-state index contributed by atoms with van der Waals surface area (Å²) >= 11 is 0. The lowest BCUT2D eigenvalue weighted by molar-refractivity contribution is 0.265. The van der Waals surface area contributed by atoms with Gasteiger partial charge in [-0.25, -0.2) is 0 Å². The number of aromatic nitrogens is 3. The number of fused-ring (bicyclic) bond motifs is 1. The Balaban J connectivity index is 1.48. The van der Waals surface area contributed by atoms with Gasteiger partial charge in [0.1, 0.15) is 5.75 Å². The summed E-state index contributed by atoms with van der Waals surface area (Å²) in [5.41, 5.74) is 3.02. The minimum Gasteiger partial charge on any atom is -0.484 e. The predicted molar refractivity (Wildman–Crippen MR) is 90.5 cm³/mol. The van der Waals surface area contributed by atoms with E-state index in [4.69, 9.17) is 9.15 Å². The summed E-state index contributed by atoms with van der Waals surface area (Å²) in [5.74, 6) is 1.68. The molecule has 24 heavy (non-hydrogen) atoms. The van der Waals surface area contributed by atoms with Crippen LogP contribution < -0.4 is 4.74 Å². The van der Waals surface area contributed by atoms with Gasteiger partial charge in [-0.3, -0.25) is 4.98 Å². The first-order valence-electron chi connectivity index (χ1n) is 7.65. The van der Waals surface area contributed by atoms with Crippen LogP contribution in [0.3, 0.4) is 0 Å². The second-order valence-corrected chi connectivity index (χ2v) is 5.51. The molecule has 0 atom stereocenters. The number of rotatable bonds is 4. The van der Waals surface area contributed by atoms with Crippen molar-refractivity contribution in [3.05, 3.63) is 72.2 Å². The molecule has 4 aromatic rings. The fraction of sp³-hybridized carbons (Fsp3) is 0.105. The van der Waals surface area contributed by atoms with Crippen LogP contribution in [0.5, 0.6) is 5.75 Å². The van der Waals surface area contributed by atoms with Gasteiger partial charge in [0.15, 0.2) is 6.61 Å². The van der Waals surface area contributed by atoms with E-state index in [0.717, 1.165) is 22.2 Å². The monoisotopic (exact) mass is 317 g/mol. The van der Waals surface area contributed by atoms with Gasteiger partial charge in [0, 0.05) is 17.1 Å². The van der Waals surface area contributed by atoms with Crippen molar-refractivity contribution in [2.24, 2.45) is 0 Å². The Morgan fingerprint density at radius 3 is 2.75 bits per heavy atom. The smallest absolute Gasteiger partial charge is 0.254 e. The number of ether oxygens (including phenoxy) is 1. The first kappa shape index (κ1) is 14.4. The van der Waals surface area contributed by atoms with Gasteiger partial charge in [-0.1, -0.05) is 23.8 Å². The second-order valence-electron chi connectivity index (χ2n) is 5.51. The van der Waals surface area contributed by atoms with Crippen molar-refractivity contribution in [1.82, 2.24) is 15.2 Å². The standard InChI is InChI=1S/C19H15N3O2/c1-13-4-6-14(7-5-13)19-22-21-18(24-19)12-23-16-8-9-17-15(11-16)3-2-10-20-17/h2-11H,12H2,1H3. The quantitative estimate of drug-likeness (QED) is 0.565. The molecule has 0 aliphatic carbocycles. The van der Waals surface area contributed by atoms with Gasteiger partial charge in [-0.15, -0.1) is 10.2 Å². The van der Waals surface area contributed by atoms with E-state index in [1.807, 2.05) is 61.5 Å². The zero-order valence-electron chi connectivity index (χ0n) is 13.1. The first-order valence-corrected chi connectivity index (χ1v) is 7.65. The molecular weight excluding hydrogens is 302 g/mol. The van der Waals surface area contributed by atoms with Gasteiger partial charge >= 0.3 is 0 Å². The summed E-state index contributed by atoms with van der Waals surface area (Å²) in [6.07, 6.45) is 1.77. The molecule has 2 heterocycles. The van der Waals surface area contributed by atoms with Crippen molar-refractivity contribution in [3.63, 3.8) is 0 Å². The molecule has 0 saturated carbocycles. The molecule has 0 bridgehead atoms. The van der Waals surface area contributed by atoms with Crippen molar-refractivity contribution in [1.29, 1.82) is 0 Å². The van der Waals surface area contributed by atoms with E-state index in [-0.39, 0.29) is 6.61 Å². The van der Waals surface area contributed by atoms with E-state index in [9.17, 15) is 0 Å². The zero-order valence-corrected chi connectivity index (χ0v) is 13.1. The Bertz CT molecular complexity index is 977. The van der Waals surface area contributed by atoms with Gasteiger partial charge in [-0.05, 0) is 43.3 Å². The second kappa shape index (κ2) is 6.12. The van der Waals surface area contributed by atoms with Gasteiger partial charge in [-0.2, -0.15) is 0 Å². The Kier molecular flexibility index (Phi) is 3.67. The average molecular weight is 317 g/mol. The number of benzene rings is 2. The molecule has 2 aromatic heterocycles. The third-order valence-corrected chi connectivity index (χ3v) is 3.70. The van der Waals surface area contributed by atoms with Crippen LogP contribution in [0.15, 0.2) is 65.2 Å². The van der Waals surface area contributed by atoms with Crippen LogP contribution in [-0.2, 0) is 6.61 Å². The summed E-state index contributed by atoms with van der Waals surface area (Å²) in [4.78, 5) is 4.29. The maximum absolute atomic E-state index is 5.74. The van der Waals surface area contributed by atoms with Crippen LogP contribution in [0, 0.1) is 6.92 Å². The maximum Gasteiger partial charge on any atom is 0.254 e. The fourth-order valence-corrected chi connectivity index (χ4v) is 2.41. The zero-order chi connectivity index (χ0) is 16.4. The average Bonchev–Trinajstić information content (AvgIpc) is 3.09. The Hall–Kier alpha value is -3.21. The number of hydrogen-bond donors (Lipinski definition) is 0. The van der Waals surface area contributed by atoms with Crippen LogP contribution in [0.2, 0.25) is 0 Å². The van der Waals surface area contributed by atoms with Crippen LogP contribution in [0.1, 0.15) is 11.5 Å². The van der Waals surface area contributed by atoms with E-state index < -0.39 is 0 Å². The largest absolute Gasteiger partial charge is 0.484 e. The number of aryl methyl sites for hydroxylation is 1. The highest BCUT2D eigenvalue weighted by Gasteiger charge is 2.09. The Morgan fingerprint density at radius 2 is 1.88 bits per heavy atom. The van der Waals surface area contributed by atoms with Crippen LogP contribution in [-0.4, -0.2) is 15.2 Å². The molecule has 0 radical (unpaired) electrons.